The van der Waals surface area contributed by atoms with Gasteiger partial charge in [-0.3, -0.25) is 0 Å². The van der Waals surface area contributed by atoms with Gasteiger partial charge < -0.3 is 24.0 Å². The van der Waals surface area contributed by atoms with Gasteiger partial charge in [0.05, 0.1) is 22.6 Å². The lowest BCUT2D eigenvalue weighted by molar-refractivity contribution is -0.286. The van der Waals surface area contributed by atoms with Gasteiger partial charge in [0.25, 0.3) is 0 Å². The molecule has 1 saturated heterocycles. The first-order valence-electron chi connectivity index (χ1n) is 8.96. The van der Waals surface area contributed by atoms with Crippen molar-refractivity contribution in [3.63, 3.8) is 0 Å². The molecule has 10 heteroatoms. The molecule has 0 N–H and O–H groups in total. The van der Waals surface area contributed by atoms with Crippen molar-refractivity contribution in [1.82, 2.24) is 4.90 Å². The molecule has 0 radical (unpaired) electrons. The van der Waals surface area contributed by atoms with E-state index < -0.39 is 16.1 Å². The van der Waals surface area contributed by atoms with Gasteiger partial charge in [0.2, 0.25) is 9.84 Å². The molecule has 1 fully saturated rings. The van der Waals surface area contributed by atoms with Crippen molar-refractivity contribution in [2.24, 2.45) is 0 Å². The van der Waals surface area contributed by atoms with Crippen LogP contribution in [0.15, 0.2) is 46.2 Å². The topological polar surface area (TPSA) is 68.3 Å². The smallest absolute Gasteiger partial charge is 0.495 e. The van der Waals surface area contributed by atoms with Crippen LogP contribution in [0.1, 0.15) is 0 Å². The van der Waals surface area contributed by atoms with E-state index in [4.69, 9.17) is 4.74 Å². The Bertz CT molecular complexity index is 1040. The first-order valence-corrected chi connectivity index (χ1v) is 10.4. The molecule has 29 heavy (non-hydrogen) atoms. The normalized spacial score (nSPS) is 18.7. The van der Waals surface area contributed by atoms with Crippen molar-refractivity contribution in [2.45, 2.75) is 16.1 Å². The third-order valence-corrected chi connectivity index (χ3v) is 6.74. The summed E-state index contributed by atoms with van der Waals surface area (Å²) in [5.74, 6) is 0.0458. The van der Waals surface area contributed by atoms with Crippen LogP contribution in [0.25, 0.3) is 0 Å². The fraction of sp³-hybridized carbons (Fsp3) is 0.368. The maximum atomic E-state index is 13.2. The Morgan fingerprint density at radius 3 is 2.28 bits per heavy atom. The number of piperazine rings is 1. The average Bonchev–Trinajstić information content (AvgIpc) is 3.01. The van der Waals surface area contributed by atoms with E-state index in [2.05, 4.69) is 19.3 Å². The zero-order valence-electron chi connectivity index (χ0n) is 15.9. The molecule has 2 aliphatic rings. The Balaban J connectivity index is 1.70. The molecule has 0 aromatic heterocycles. The molecule has 2 aliphatic heterocycles. The monoisotopic (exact) mass is 426 g/mol. The molecular weight excluding hydrogens is 406 g/mol. The van der Waals surface area contributed by atoms with Crippen molar-refractivity contribution in [1.29, 1.82) is 0 Å². The minimum atomic E-state index is -3.97. The summed E-state index contributed by atoms with van der Waals surface area (Å²) in [5, 5.41) is 0. The Hall–Kier alpha value is -2.59. The molecule has 0 aliphatic carbocycles. The number of rotatable bonds is 4. The number of fused-ring (bicyclic) bond motifs is 1. The van der Waals surface area contributed by atoms with E-state index in [1.54, 1.807) is 12.1 Å². The molecule has 2 aromatic rings. The third kappa shape index (κ3) is 3.69. The molecule has 2 heterocycles. The summed E-state index contributed by atoms with van der Waals surface area (Å²) in [6.07, 6.45) is -3.81. The first-order chi connectivity index (χ1) is 13.7. The van der Waals surface area contributed by atoms with E-state index >= 15 is 0 Å². The number of hydrogen-bond acceptors (Lipinski definition) is 7. The fourth-order valence-corrected chi connectivity index (χ4v) is 4.66. The van der Waals surface area contributed by atoms with Gasteiger partial charge in [-0.15, -0.1) is 8.78 Å². The Kier molecular flexibility index (Phi) is 4.78. The lowest BCUT2D eigenvalue weighted by Gasteiger charge is -2.34. The van der Waals surface area contributed by atoms with Crippen molar-refractivity contribution in [3.05, 3.63) is 36.4 Å². The number of nitrogens with zero attached hydrogens (tertiary/aromatic N) is 2. The third-order valence-electron chi connectivity index (χ3n) is 4.99. The van der Waals surface area contributed by atoms with Gasteiger partial charge in [0.1, 0.15) is 5.75 Å². The largest absolute Gasteiger partial charge is 0.586 e. The molecule has 0 amide bonds. The summed E-state index contributed by atoms with van der Waals surface area (Å²) < 4.78 is 66.9. The number of likely N-dealkylation sites (N-methyl/N-ethyl adjacent to an activating group) is 1. The van der Waals surface area contributed by atoms with Gasteiger partial charge in [-0.05, 0) is 37.4 Å². The highest BCUT2D eigenvalue weighted by atomic mass is 32.2. The maximum absolute atomic E-state index is 13.2. The zero-order valence-corrected chi connectivity index (χ0v) is 16.7. The molecule has 156 valence electrons. The van der Waals surface area contributed by atoms with E-state index in [1.165, 1.54) is 19.2 Å². The SMILES string of the molecule is COc1ccc(S(=O)(=O)c2ccc3c(c2)OC(F)(F)O3)cc1N1CCN(C)CC1. The van der Waals surface area contributed by atoms with Crippen LogP contribution in [0.5, 0.6) is 17.2 Å². The molecule has 0 atom stereocenters. The van der Waals surface area contributed by atoms with E-state index in [1.807, 2.05) is 7.05 Å². The predicted octanol–water partition coefficient (Wildman–Crippen LogP) is 2.60. The molecule has 0 spiro atoms. The van der Waals surface area contributed by atoms with Gasteiger partial charge in [0.15, 0.2) is 11.5 Å². The lowest BCUT2D eigenvalue weighted by Crippen LogP contribution is -2.44. The van der Waals surface area contributed by atoms with E-state index in [-0.39, 0.29) is 21.3 Å². The van der Waals surface area contributed by atoms with Crippen LogP contribution in [0, 0.1) is 0 Å². The summed E-state index contributed by atoms with van der Waals surface area (Å²) >= 11 is 0. The first kappa shape index (κ1) is 19.7. The Labute approximate surface area is 167 Å². The average molecular weight is 426 g/mol. The van der Waals surface area contributed by atoms with Crippen LogP contribution in [0.4, 0.5) is 14.5 Å². The van der Waals surface area contributed by atoms with Crippen molar-refractivity contribution in [3.8, 4) is 17.2 Å². The molecule has 0 saturated carbocycles. The highest BCUT2D eigenvalue weighted by Gasteiger charge is 2.43. The fourth-order valence-electron chi connectivity index (χ4n) is 3.36. The minimum Gasteiger partial charge on any atom is -0.495 e. The summed E-state index contributed by atoms with van der Waals surface area (Å²) in [5.41, 5.74) is 0.675. The number of benzene rings is 2. The number of ether oxygens (including phenoxy) is 3. The standard InChI is InChI=1S/C19H20F2N2O5S/c1-22-7-9-23(10-8-22)15-11-13(3-5-16(15)26-2)29(24,25)14-4-6-17-18(12-14)28-19(20,21)27-17/h3-6,11-12H,7-10H2,1-2H3. The van der Waals surface area contributed by atoms with E-state index in [9.17, 15) is 17.2 Å². The van der Waals surface area contributed by atoms with Crippen LogP contribution < -0.4 is 19.1 Å². The highest BCUT2D eigenvalue weighted by molar-refractivity contribution is 7.91. The summed E-state index contributed by atoms with van der Waals surface area (Å²) in [6.45, 7) is 3.15. The second-order valence-corrected chi connectivity index (χ2v) is 8.85. The van der Waals surface area contributed by atoms with Crippen LogP contribution in [-0.4, -0.2) is 59.9 Å². The molecule has 7 nitrogen and oxygen atoms in total. The molecular formula is C19H20F2N2O5S. The van der Waals surface area contributed by atoms with Gasteiger partial charge in [-0.2, -0.15) is 0 Å². The molecule has 0 bridgehead atoms. The van der Waals surface area contributed by atoms with Gasteiger partial charge in [0, 0.05) is 32.2 Å². The van der Waals surface area contributed by atoms with Crippen molar-refractivity contribution < 1.29 is 31.4 Å². The number of alkyl halides is 2. The lowest BCUT2D eigenvalue weighted by atomic mass is 10.2. The number of methoxy groups -OCH3 is 1. The molecule has 0 unspecified atom stereocenters. The number of sulfone groups is 1. The van der Waals surface area contributed by atoms with Crippen LogP contribution >= 0.6 is 0 Å². The van der Waals surface area contributed by atoms with Gasteiger partial charge >= 0.3 is 6.29 Å². The predicted molar refractivity (Wildman–Crippen MR) is 101 cm³/mol. The number of anilines is 1. The second-order valence-electron chi connectivity index (χ2n) is 6.90. The highest BCUT2D eigenvalue weighted by Crippen LogP contribution is 2.43. The van der Waals surface area contributed by atoms with Gasteiger partial charge in [-0.25, -0.2) is 8.42 Å². The van der Waals surface area contributed by atoms with Crippen LogP contribution in [-0.2, 0) is 9.84 Å². The summed E-state index contributed by atoms with van der Waals surface area (Å²) in [4.78, 5) is 4.13. The number of halogens is 2. The van der Waals surface area contributed by atoms with Crippen LogP contribution in [0.2, 0.25) is 0 Å². The van der Waals surface area contributed by atoms with E-state index in [0.29, 0.717) is 11.4 Å². The number of hydrogen-bond donors (Lipinski definition) is 0. The Morgan fingerprint density at radius 1 is 0.966 bits per heavy atom. The summed E-state index contributed by atoms with van der Waals surface area (Å²) in [6, 6.07) is 8.02. The maximum Gasteiger partial charge on any atom is 0.586 e. The van der Waals surface area contributed by atoms with E-state index in [0.717, 1.165) is 38.3 Å². The minimum absolute atomic E-state index is 0.0397. The van der Waals surface area contributed by atoms with Crippen LogP contribution in [0.3, 0.4) is 0 Å². The molecule has 2 aromatic carbocycles. The van der Waals surface area contributed by atoms with Crippen molar-refractivity contribution >= 4 is 15.5 Å². The van der Waals surface area contributed by atoms with Crippen molar-refractivity contribution in [2.75, 3.05) is 45.2 Å². The zero-order chi connectivity index (χ0) is 20.8. The quantitative estimate of drug-likeness (QED) is 0.745. The Morgan fingerprint density at radius 2 is 1.59 bits per heavy atom. The second kappa shape index (κ2) is 7.03. The summed E-state index contributed by atoms with van der Waals surface area (Å²) in [7, 11) is -0.413. The van der Waals surface area contributed by atoms with Gasteiger partial charge in [-0.1, -0.05) is 0 Å². The molecule has 4 rings (SSSR count).